The van der Waals surface area contributed by atoms with Gasteiger partial charge in [-0.1, -0.05) is 0 Å². The van der Waals surface area contributed by atoms with Gasteiger partial charge in [0.15, 0.2) is 5.69 Å². The molecule has 0 aromatic carbocycles. The maximum absolute atomic E-state index is 12.4. The Kier molecular flexibility index (Phi) is 5.60. The van der Waals surface area contributed by atoms with Gasteiger partial charge >= 0.3 is 0 Å². The van der Waals surface area contributed by atoms with Crippen molar-refractivity contribution < 1.29 is 22.7 Å². The summed E-state index contributed by atoms with van der Waals surface area (Å²) in [4.78, 5) is 12.4. The van der Waals surface area contributed by atoms with Gasteiger partial charge in [-0.25, -0.2) is 17.4 Å². The molecule has 2 aliphatic rings. The van der Waals surface area contributed by atoms with Crippen molar-refractivity contribution in [3.05, 3.63) is 11.8 Å². The summed E-state index contributed by atoms with van der Waals surface area (Å²) in [6.07, 6.45) is 2.05. The van der Waals surface area contributed by atoms with E-state index >= 15 is 0 Å². The Hall–Kier alpha value is -1.65. The van der Waals surface area contributed by atoms with Gasteiger partial charge in [-0.15, -0.1) is 0 Å². The number of piperidine rings is 1. The van der Waals surface area contributed by atoms with Crippen molar-refractivity contribution in [1.82, 2.24) is 19.4 Å². The minimum Gasteiger partial charge on any atom is -0.478 e. The molecule has 0 spiro atoms. The Balaban J connectivity index is 1.52. The molecule has 1 N–H and O–H groups in total. The molecule has 10 heteroatoms. The van der Waals surface area contributed by atoms with E-state index in [0.717, 1.165) is 13.0 Å². The molecule has 0 saturated carbocycles. The van der Waals surface area contributed by atoms with Gasteiger partial charge in [-0.2, -0.15) is 5.10 Å². The quantitative estimate of drug-likeness (QED) is 0.744. The number of fused-ring (bicyclic) bond motifs is 1. The van der Waals surface area contributed by atoms with E-state index in [1.807, 2.05) is 0 Å². The van der Waals surface area contributed by atoms with E-state index in [-0.39, 0.29) is 24.3 Å². The van der Waals surface area contributed by atoms with Gasteiger partial charge in [-0.05, 0) is 12.8 Å². The summed E-state index contributed by atoms with van der Waals surface area (Å²) >= 11 is 0. The van der Waals surface area contributed by atoms with Gasteiger partial charge in [0.05, 0.1) is 19.0 Å². The molecular formula is C15H24N4O5S. The molecule has 3 rings (SSSR count). The minimum absolute atomic E-state index is 0.0132. The molecular weight excluding hydrogens is 348 g/mol. The zero-order chi connectivity index (χ0) is 17.9. The molecule has 0 aliphatic carbocycles. The zero-order valence-electron chi connectivity index (χ0n) is 14.3. The number of amides is 1. The summed E-state index contributed by atoms with van der Waals surface area (Å²) in [5.41, 5.74) is 0.340. The Labute approximate surface area is 147 Å². The average Bonchev–Trinajstić information content (AvgIpc) is 3.05. The first-order valence-corrected chi connectivity index (χ1v) is 10.1. The molecule has 0 radical (unpaired) electrons. The Morgan fingerprint density at radius 1 is 1.40 bits per heavy atom. The van der Waals surface area contributed by atoms with E-state index in [2.05, 4.69) is 10.4 Å². The topological polar surface area (TPSA) is 103 Å². The second kappa shape index (κ2) is 7.71. The number of carbonyl (C=O) groups excluding carboxylic acids is 1. The molecule has 1 fully saturated rings. The van der Waals surface area contributed by atoms with Crippen molar-refractivity contribution in [2.75, 3.05) is 39.2 Å². The standard InChI is InChI=1S/C15H24N4O5S/c1-23-9-10-25(21,22)18-6-3-12(4-7-18)16-15(20)13-11-14-19(17-13)5-2-8-24-14/h11-12H,2-10H2,1H3,(H,16,20). The molecule has 9 nitrogen and oxygen atoms in total. The summed E-state index contributed by atoms with van der Waals surface area (Å²) in [6, 6.07) is 1.60. The second-order valence-electron chi connectivity index (χ2n) is 6.25. The lowest BCUT2D eigenvalue weighted by molar-refractivity contribution is 0.0917. The smallest absolute Gasteiger partial charge is 0.272 e. The van der Waals surface area contributed by atoms with Crippen LogP contribution in [-0.4, -0.2) is 73.6 Å². The fourth-order valence-corrected chi connectivity index (χ4v) is 4.44. The number of ether oxygens (including phenoxy) is 2. The second-order valence-corrected chi connectivity index (χ2v) is 8.34. The van der Waals surface area contributed by atoms with Crippen molar-refractivity contribution in [3.63, 3.8) is 0 Å². The number of hydrogen-bond donors (Lipinski definition) is 1. The number of rotatable bonds is 6. The van der Waals surface area contributed by atoms with Crippen molar-refractivity contribution in [1.29, 1.82) is 0 Å². The van der Waals surface area contributed by atoms with Gasteiger partial charge in [0.1, 0.15) is 0 Å². The van der Waals surface area contributed by atoms with Crippen LogP contribution in [0.15, 0.2) is 6.07 Å². The summed E-state index contributed by atoms with van der Waals surface area (Å²) in [5, 5.41) is 7.21. The molecule has 2 aliphatic heterocycles. The largest absolute Gasteiger partial charge is 0.478 e. The first kappa shape index (κ1) is 18.2. The Bertz CT molecular complexity index is 686. The van der Waals surface area contributed by atoms with E-state index in [4.69, 9.17) is 9.47 Å². The van der Waals surface area contributed by atoms with Crippen LogP contribution >= 0.6 is 0 Å². The molecule has 1 amide bonds. The molecule has 1 saturated heterocycles. The van der Waals surface area contributed by atoms with Crippen molar-refractivity contribution in [2.24, 2.45) is 0 Å². The molecule has 1 aromatic rings. The fraction of sp³-hybridized carbons (Fsp3) is 0.733. The highest BCUT2D eigenvalue weighted by atomic mass is 32.2. The van der Waals surface area contributed by atoms with Crippen LogP contribution in [0.4, 0.5) is 0 Å². The van der Waals surface area contributed by atoms with Crippen LogP contribution in [0.1, 0.15) is 29.8 Å². The van der Waals surface area contributed by atoms with Gasteiger partial charge in [0.2, 0.25) is 15.9 Å². The van der Waals surface area contributed by atoms with Gasteiger partial charge < -0.3 is 14.8 Å². The molecule has 140 valence electrons. The van der Waals surface area contributed by atoms with E-state index in [1.165, 1.54) is 11.4 Å². The third kappa shape index (κ3) is 4.31. The van der Waals surface area contributed by atoms with Crippen molar-refractivity contribution in [2.45, 2.75) is 31.8 Å². The minimum atomic E-state index is -3.29. The average molecular weight is 372 g/mol. The van der Waals surface area contributed by atoms with Crippen LogP contribution in [0.5, 0.6) is 5.88 Å². The van der Waals surface area contributed by atoms with E-state index in [0.29, 0.717) is 44.1 Å². The van der Waals surface area contributed by atoms with Gasteiger partial charge in [-0.3, -0.25) is 4.79 Å². The van der Waals surface area contributed by atoms with Crippen molar-refractivity contribution in [3.8, 4) is 5.88 Å². The Morgan fingerprint density at radius 3 is 2.84 bits per heavy atom. The summed E-state index contributed by atoms with van der Waals surface area (Å²) in [7, 11) is -1.81. The fourth-order valence-electron chi connectivity index (χ4n) is 3.03. The summed E-state index contributed by atoms with van der Waals surface area (Å²) in [5.74, 6) is 0.363. The predicted octanol–water partition coefficient (Wildman–Crippen LogP) is -0.164. The molecule has 0 unspecified atom stereocenters. The lowest BCUT2D eigenvalue weighted by Crippen LogP contribution is -2.47. The number of carbonyl (C=O) groups is 1. The van der Waals surface area contributed by atoms with Crippen LogP contribution in [0.3, 0.4) is 0 Å². The number of sulfonamides is 1. The summed E-state index contributed by atoms with van der Waals surface area (Å²) in [6.45, 7) is 2.38. The third-order valence-electron chi connectivity index (χ3n) is 4.47. The lowest BCUT2D eigenvalue weighted by atomic mass is 10.1. The van der Waals surface area contributed by atoms with Gasteiger partial charge in [0, 0.05) is 45.3 Å². The first-order chi connectivity index (χ1) is 12.0. The number of hydrogen-bond acceptors (Lipinski definition) is 6. The number of nitrogens with one attached hydrogen (secondary N) is 1. The predicted molar refractivity (Wildman–Crippen MR) is 90.1 cm³/mol. The van der Waals surface area contributed by atoms with Gasteiger partial charge in [0.25, 0.3) is 5.91 Å². The van der Waals surface area contributed by atoms with Crippen LogP contribution in [0.2, 0.25) is 0 Å². The number of methoxy groups -OCH3 is 1. The highest BCUT2D eigenvalue weighted by Gasteiger charge is 2.29. The van der Waals surface area contributed by atoms with Crippen LogP contribution in [0, 0.1) is 0 Å². The Morgan fingerprint density at radius 2 is 2.16 bits per heavy atom. The third-order valence-corrected chi connectivity index (χ3v) is 6.30. The summed E-state index contributed by atoms with van der Waals surface area (Å²) < 4.78 is 37.8. The monoisotopic (exact) mass is 372 g/mol. The number of nitrogens with zero attached hydrogens (tertiary/aromatic N) is 3. The zero-order valence-corrected chi connectivity index (χ0v) is 15.1. The van der Waals surface area contributed by atoms with E-state index in [1.54, 1.807) is 10.7 Å². The highest BCUT2D eigenvalue weighted by molar-refractivity contribution is 7.89. The number of aromatic nitrogens is 2. The molecule has 25 heavy (non-hydrogen) atoms. The first-order valence-electron chi connectivity index (χ1n) is 8.48. The molecule has 3 heterocycles. The SMILES string of the molecule is COCCS(=O)(=O)N1CCC(NC(=O)c2cc3n(n2)CCCO3)CC1. The normalized spacial score (nSPS) is 19.2. The van der Waals surface area contributed by atoms with E-state index < -0.39 is 10.0 Å². The van der Waals surface area contributed by atoms with Crippen LogP contribution in [0.25, 0.3) is 0 Å². The molecule has 0 bridgehead atoms. The maximum atomic E-state index is 12.4. The molecule has 0 atom stereocenters. The lowest BCUT2D eigenvalue weighted by Gasteiger charge is -2.31. The van der Waals surface area contributed by atoms with Crippen LogP contribution < -0.4 is 10.1 Å². The van der Waals surface area contributed by atoms with Crippen LogP contribution in [-0.2, 0) is 21.3 Å². The highest BCUT2D eigenvalue weighted by Crippen LogP contribution is 2.19. The van der Waals surface area contributed by atoms with Crippen molar-refractivity contribution >= 4 is 15.9 Å². The maximum Gasteiger partial charge on any atom is 0.272 e. The van der Waals surface area contributed by atoms with E-state index in [9.17, 15) is 13.2 Å². The molecule has 1 aromatic heterocycles. The number of aryl methyl sites for hydroxylation is 1.